The summed E-state index contributed by atoms with van der Waals surface area (Å²) in [5, 5.41) is 9.32. The lowest BCUT2D eigenvalue weighted by atomic mass is 9.94. The first-order valence-corrected chi connectivity index (χ1v) is 3.70. The smallest absolute Gasteiger partial charge is 0.109 e. The largest absolute Gasteiger partial charge is 0.390 e. The number of aliphatic hydroxyl groups is 1. The lowest BCUT2D eigenvalue weighted by Gasteiger charge is -2.17. The van der Waals surface area contributed by atoms with Crippen molar-refractivity contribution in [2.24, 2.45) is 5.92 Å². The number of aliphatic hydroxyl groups excluding tert-OH is 1. The van der Waals surface area contributed by atoms with Crippen molar-refractivity contribution < 1.29 is 9.84 Å². The Morgan fingerprint density at radius 2 is 2.20 bits per heavy atom. The van der Waals surface area contributed by atoms with E-state index in [2.05, 4.69) is 0 Å². The Labute approximate surface area is 63.0 Å². The minimum absolute atomic E-state index is 0.0602. The first kappa shape index (κ1) is 8.09. The van der Waals surface area contributed by atoms with Crippen molar-refractivity contribution in [3.05, 3.63) is 0 Å². The molecule has 1 heterocycles. The molecule has 1 aliphatic heterocycles. The first-order valence-electron chi connectivity index (χ1n) is 3.70. The Kier molecular flexibility index (Phi) is 2.37. The van der Waals surface area contributed by atoms with Gasteiger partial charge in [-0.25, -0.2) is 0 Å². The van der Waals surface area contributed by atoms with Gasteiger partial charge in [-0.15, -0.1) is 0 Å². The van der Waals surface area contributed by atoms with Crippen molar-refractivity contribution in [2.75, 3.05) is 0 Å². The molecule has 1 N–H and O–H groups in total. The fourth-order valence-electron chi connectivity index (χ4n) is 1.32. The van der Waals surface area contributed by atoms with Gasteiger partial charge in [-0.05, 0) is 12.3 Å². The van der Waals surface area contributed by atoms with E-state index in [0.717, 1.165) is 0 Å². The normalized spacial score (nSPS) is 41.0. The van der Waals surface area contributed by atoms with E-state index in [-0.39, 0.29) is 18.2 Å². The van der Waals surface area contributed by atoms with E-state index in [1.165, 1.54) is 0 Å². The summed E-state index contributed by atoms with van der Waals surface area (Å²) in [7, 11) is 5.47. The van der Waals surface area contributed by atoms with Crippen molar-refractivity contribution in [1.82, 2.24) is 0 Å². The second-order valence-electron chi connectivity index (χ2n) is 3.19. The fraction of sp³-hybridized carbons (Fsp3) is 1.00. The van der Waals surface area contributed by atoms with Crippen LogP contribution in [0, 0.1) is 5.92 Å². The zero-order chi connectivity index (χ0) is 7.72. The highest BCUT2D eigenvalue weighted by molar-refractivity contribution is 6.11. The Morgan fingerprint density at radius 1 is 1.60 bits per heavy atom. The Hall–Kier alpha value is -0.0151. The average molecular weight is 140 g/mol. The summed E-state index contributed by atoms with van der Waals surface area (Å²) in [6.07, 6.45) is 0.146. The Morgan fingerprint density at radius 3 is 2.40 bits per heavy atom. The van der Waals surface area contributed by atoms with Gasteiger partial charge < -0.3 is 9.84 Å². The van der Waals surface area contributed by atoms with E-state index >= 15 is 0 Å². The van der Waals surface area contributed by atoms with Crippen LogP contribution in [-0.4, -0.2) is 31.2 Å². The van der Waals surface area contributed by atoms with Crippen molar-refractivity contribution in [2.45, 2.75) is 38.5 Å². The molecule has 0 spiro atoms. The molecule has 0 saturated carbocycles. The highest BCUT2D eigenvalue weighted by Gasteiger charge is 2.32. The van der Waals surface area contributed by atoms with Gasteiger partial charge in [0.1, 0.15) is 7.85 Å². The summed E-state index contributed by atoms with van der Waals surface area (Å²) in [6.45, 7) is 4.04. The van der Waals surface area contributed by atoms with E-state index in [0.29, 0.717) is 12.3 Å². The second kappa shape index (κ2) is 2.93. The van der Waals surface area contributed by atoms with Crippen LogP contribution in [0.1, 0.15) is 20.3 Å². The van der Waals surface area contributed by atoms with Crippen molar-refractivity contribution >= 4 is 7.85 Å². The van der Waals surface area contributed by atoms with Crippen LogP contribution in [0.15, 0.2) is 0 Å². The highest BCUT2D eigenvalue weighted by atomic mass is 16.5. The molecule has 2 radical (unpaired) electrons. The maximum atomic E-state index is 9.32. The topological polar surface area (TPSA) is 29.5 Å². The zero-order valence-electron chi connectivity index (χ0n) is 6.45. The molecule has 0 amide bonds. The van der Waals surface area contributed by atoms with E-state index in [4.69, 9.17) is 12.6 Å². The molecule has 2 nitrogen and oxygen atoms in total. The second-order valence-corrected chi connectivity index (χ2v) is 3.19. The maximum absolute atomic E-state index is 9.32. The summed E-state index contributed by atoms with van der Waals surface area (Å²) in [6, 6.07) is -0.262. The van der Waals surface area contributed by atoms with E-state index in [1.807, 2.05) is 13.8 Å². The molecule has 10 heavy (non-hydrogen) atoms. The lowest BCUT2D eigenvalue weighted by molar-refractivity contribution is 0.00306. The molecule has 0 aromatic rings. The Balaban J connectivity index is 2.46. The summed E-state index contributed by atoms with van der Waals surface area (Å²) < 4.78 is 5.26. The number of hydrogen-bond acceptors (Lipinski definition) is 2. The minimum Gasteiger partial charge on any atom is -0.390 e. The van der Waals surface area contributed by atoms with E-state index in [9.17, 15) is 5.11 Å². The van der Waals surface area contributed by atoms with Gasteiger partial charge in [0.05, 0.1) is 12.2 Å². The molecule has 1 saturated heterocycles. The summed E-state index contributed by atoms with van der Waals surface area (Å²) in [5.74, 6) is 0.351. The van der Waals surface area contributed by atoms with Crippen LogP contribution >= 0.6 is 0 Å². The van der Waals surface area contributed by atoms with Crippen LogP contribution < -0.4 is 0 Å². The molecule has 3 atom stereocenters. The predicted molar refractivity (Wildman–Crippen MR) is 39.9 cm³/mol. The molecule has 1 rings (SSSR count). The Bertz CT molecular complexity index is 116. The summed E-state index contributed by atoms with van der Waals surface area (Å²) in [4.78, 5) is 0. The first-order chi connectivity index (χ1) is 4.61. The fourth-order valence-corrected chi connectivity index (χ4v) is 1.32. The molecule has 0 aromatic carbocycles. The lowest BCUT2D eigenvalue weighted by Crippen LogP contribution is -2.26. The standard InChI is InChI=1S/C7H13BO2/c1-4(2)7-5(9)3-6(8)10-7/h4-7,9H,3H2,1-2H3. The van der Waals surface area contributed by atoms with Crippen molar-refractivity contribution in [3.63, 3.8) is 0 Å². The van der Waals surface area contributed by atoms with Gasteiger partial charge in [-0.3, -0.25) is 0 Å². The summed E-state index contributed by atoms with van der Waals surface area (Å²) in [5.41, 5.74) is 0. The molecule has 1 aliphatic rings. The predicted octanol–water partition coefficient (Wildman–Crippen LogP) is 0.287. The monoisotopic (exact) mass is 140 g/mol. The molecular formula is C7H13BO2. The third-order valence-electron chi connectivity index (χ3n) is 1.84. The van der Waals surface area contributed by atoms with Gasteiger partial charge in [-0.1, -0.05) is 13.8 Å². The molecule has 0 aromatic heterocycles. The van der Waals surface area contributed by atoms with Crippen LogP contribution in [0.2, 0.25) is 0 Å². The van der Waals surface area contributed by atoms with Crippen molar-refractivity contribution in [3.8, 4) is 0 Å². The van der Waals surface area contributed by atoms with Crippen LogP contribution in [0.5, 0.6) is 0 Å². The SMILES string of the molecule is [B]C1CC(O)C(C(C)C)O1. The number of ether oxygens (including phenoxy) is 1. The van der Waals surface area contributed by atoms with Crippen LogP contribution in [0.3, 0.4) is 0 Å². The molecular weight excluding hydrogens is 127 g/mol. The van der Waals surface area contributed by atoms with Crippen LogP contribution in [-0.2, 0) is 4.74 Å². The van der Waals surface area contributed by atoms with Crippen molar-refractivity contribution in [1.29, 1.82) is 0 Å². The molecule has 3 unspecified atom stereocenters. The third-order valence-corrected chi connectivity index (χ3v) is 1.84. The molecule has 1 fully saturated rings. The number of hydrogen-bond donors (Lipinski definition) is 1. The number of rotatable bonds is 1. The molecule has 3 heteroatoms. The molecule has 0 bridgehead atoms. The van der Waals surface area contributed by atoms with Gasteiger partial charge in [0.25, 0.3) is 0 Å². The third kappa shape index (κ3) is 1.52. The van der Waals surface area contributed by atoms with Crippen LogP contribution in [0.4, 0.5) is 0 Å². The minimum atomic E-state index is -0.366. The highest BCUT2D eigenvalue weighted by Crippen LogP contribution is 2.23. The van der Waals surface area contributed by atoms with Gasteiger partial charge >= 0.3 is 0 Å². The van der Waals surface area contributed by atoms with E-state index in [1.54, 1.807) is 0 Å². The quantitative estimate of drug-likeness (QED) is 0.530. The zero-order valence-corrected chi connectivity index (χ0v) is 6.45. The van der Waals surface area contributed by atoms with Gasteiger partial charge in [0.15, 0.2) is 0 Å². The average Bonchev–Trinajstić information content (AvgIpc) is 2.10. The molecule has 0 aliphatic carbocycles. The molecule has 56 valence electrons. The van der Waals surface area contributed by atoms with Crippen LogP contribution in [0.25, 0.3) is 0 Å². The van der Waals surface area contributed by atoms with Gasteiger partial charge in [-0.2, -0.15) is 0 Å². The van der Waals surface area contributed by atoms with Gasteiger partial charge in [0.2, 0.25) is 0 Å². The van der Waals surface area contributed by atoms with Gasteiger partial charge in [0, 0.05) is 6.00 Å². The maximum Gasteiger partial charge on any atom is 0.109 e. The summed E-state index contributed by atoms with van der Waals surface area (Å²) >= 11 is 0. The van der Waals surface area contributed by atoms with E-state index < -0.39 is 0 Å².